The summed E-state index contributed by atoms with van der Waals surface area (Å²) in [4.78, 5) is 26.9. The number of amides is 2. The third-order valence-corrected chi connectivity index (χ3v) is 7.96. The van der Waals surface area contributed by atoms with Gasteiger partial charge in [-0.25, -0.2) is 8.42 Å². The second-order valence-corrected chi connectivity index (χ2v) is 10.4. The molecule has 0 aromatic heterocycles. The van der Waals surface area contributed by atoms with Gasteiger partial charge in [0, 0.05) is 5.02 Å². The van der Waals surface area contributed by atoms with Crippen molar-refractivity contribution in [2.24, 2.45) is 11.8 Å². The number of imide groups is 1. The van der Waals surface area contributed by atoms with Crippen molar-refractivity contribution in [3.05, 3.63) is 52.5 Å². The normalized spacial score (nSPS) is 20.9. The number of rotatable bonds is 6. The topological polar surface area (TPSA) is 92.8 Å². The lowest BCUT2D eigenvalue weighted by atomic mass is 9.81. The average molecular weight is 477 g/mol. The van der Waals surface area contributed by atoms with Crippen molar-refractivity contribution in [2.75, 3.05) is 11.8 Å². The third kappa shape index (κ3) is 4.21. The second kappa shape index (κ2) is 8.75. The molecule has 2 fully saturated rings. The number of sulfonamides is 1. The monoisotopic (exact) mass is 476 g/mol. The number of methoxy groups -OCH3 is 1. The number of carbonyl (C=O) groups excluding carboxylic acids is 2. The predicted octanol–water partition coefficient (Wildman–Crippen LogP) is 4.13. The van der Waals surface area contributed by atoms with Gasteiger partial charge in [0.05, 0.1) is 36.1 Å². The molecular weight excluding hydrogens is 452 g/mol. The van der Waals surface area contributed by atoms with Crippen molar-refractivity contribution < 1.29 is 22.7 Å². The molecule has 7 nitrogen and oxygen atoms in total. The zero-order valence-electron chi connectivity index (χ0n) is 17.9. The number of carbonyl (C=O) groups is 2. The standard InChI is InChI=1S/C23H25ClN2O5S/c1-14-7-8-15(13-26-22(27)17-5-3-4-6-18(17)23(26)28)11-21(14)32(29,30)25-19-12-16(24)9-10-20(19)31-2/h7-12,17-18,25H,3-6,13H2,1-2H3. The molecule has 1 saturated heterocycles. The molecule has 2 atom stereocenters. The summed E-state index contributed by atoms with van der Waals surface area (Å²) in [5.74, 6) is -0.427. The molecule has 170 valence electrons. The van der Waals surface area contributed by atoms with Gasteiger partial charge >= 0.3 is 0 Å². The van der Waals surface area contributed by atoms with Crippen molar-refractivity contribution in [1.82, 2.24) is 4.90 Å². The van der Waals surface area contributed by atoms with Crippen LogP contribution in [0.15, 0.2) is 41.3 Å². The van der Waals surface area contributed by atoms with Crippen LogP contribution in [-0.2, 0) is 26.2 Å². The van der Waals surface area contributed by atoms with E-state index in [1.807, 2.05) is 0 Å². The van der Waals surface area contributed by atoms with Crippen LogP contribution in [0.3, 0.4) is 0 Å². The molecule has 2 unspecified atom stereocenters. The molecule has 32 heavy (non-hydrogen) atoms. The highest BCUT2D eigenvalue weighted by molar-refractivity contribution is 7.92. The molecule has 2 aliphatic rings. The minimum absolute atomic E-state index is 0.0634. The number of ether oxygens (including phenoxy) is 1. The largest absolute Gasteiger partial charge is 0.495 e. The summed E-state index contributed by atoms with van der Waals surface area (Å²) in [6, 6.07) is 9.59. The van der Waals surface area contributed by atoms with Crippen molar-refractivity contribution in [2.45, 2.75) is 44.0 Å². The summed E-state index contributed by atoms with van der Waals surface area (Å²) in [5.41, 5.74) is 1.34. The van der Waals surface area contributed by atoms with E-state index in [1.165, 1.54) is 24.1 Å². The molecule has 1 heterocycles. The minimum Gasteiger partial charge on any atom is -0.495 e. The number of nitrogens with one attached hydrogen (secondary N) is 1. The predicted molar refractivity (Wildman–Crippen MR) is 121 cm³/mol. The first-order valence-electron chi connectivity index (χ1n) is 10.5. The number of nitrogens with zero attached hydrogens (tertiary/aromatic N) is 1. The molecule has 1 aliphatic heterocycles. The number of halogens is 1. The number of likely N-dealkylation sites (tertiary alicyclic amines) is 1. The number of benzene rings is 2. The van der Waals surface area contributed by atoms with E-state index in [0.29, 0.717) is 21.9 Å². The number of fused-ring (bicyclic) bond motifs is 1. The minimum atomic E-state index is -3.97. The van der Waals surface area contributed by atoms with E-state index in [9.17, 15) is 18.0 Å². The quantitative estimate of drug-likeness (QED) is 0.632. The molecule has 2 aromatic carbocycles. The molecule has 1 saturated carbocycles. The lowest BCUT2D eigenvalue weighted by Crippen LogP contribution is -2.30. The van der Waals surface area contributed by atoms with Gasteiger partial charge in [-0.15, -0.1) is 0 Å². The van der Waals surface area contributed by atoms with Crippen LogP contribution in [0.4, 0.5) is 5.69 Å². The maximum atomic E-state index is 13.2. The summed E-state index contributed by atoms with van der Waals surface area (Å²) in [7, 11) is -2.54. The van der Waals surface area contributed by atoms with Gasteiger partial charge in [0.2, 0.25) is 11.8 Å². The summed E-state index contributed by atoms with van der Waals surface area (Å²) in [5, 5.41) is 0.362. The molecule has 1 N–H and O–H groups in total. The lowest BCUT2D eigenvalue weighted by molar-refractivity contribution is -0.140. The van der Waals surface area contributed by atoms with Crippen molar-refractivity contribution in [3.8, 4) is 5.75 Å². The van der Waals surface area contributed by atoms with Gasteiger partial charge in [0.1, 0.15) is 5.75 Å². The van der Waals surface area contributed by atoms with Crippen LogP contribution < -0.4 is 9.46 Å². The SMILES string of the molecule is COc1ccc(Cl)cc1NS(=O)(=O)c1cc(CN2C(=O)C3CCCCC3C2=O)ccc1C. The summed E-state index contributed by atoms with van der Waals surface area (Å²) < 4.78 is 34.1. The fraction of sp³-hybridized carbons (Fsp3) is 0.391. The van der Waals surface area contributed by atoms with Gasteiger partial charge in [-0.05, 0) is 55.2 Å². The van der Waals surface area contributed by atoms with Crippen molar-refractivity contribution in [1.29, 1.82) is 0 Å². The molecule has 1 aliphatic carbocycles. The molecule has 9 heteroatoms. The Hall–Kier alpha value is -2.58. The Bertz CT molecular complexity index is 1160. The van der Waals surface area contributed by atoms with Crippen molar-refractivity contribution >= 4 is 39.1 Å². The summed E-state index contributed by atoms with van der Waals surface area (Å²) in [6.07, 6.45) is 3.40. The van der Waals surface area contributed by atoms with Crippen LogP contribution in [-0.4, -0.2) is 32.2 Å². The molecule has 4 rings (SSSR count). The van der Waals surface area contributed by atoms with Crippen LogP contribution >= 0.6 is 11.6 Å². The van der Waals surface area contributed by atoms with E-state index in [2.05, 4.69) is 4.72 Å². The number of aryl methyl sites for hydroxylation is 1. The smallest absolute Gasteiger partial charge is 0.262 e. The van der Waals surface area contributed by atoms with Crippen LogP contribution in [0.5, 0.6) is 5.75 Å². The Kier molecular flexibility index (Phi) is 6.18. The number of hydrogen-bond acceptors (Lipinski definition) is 5. The fourth-order valence-corrected chi connectivity index (χ4v) is 6.09. The lowest BCUT2D eigenvalue weighted by Gasteiger charge is -2.19. The second-order valence-electron chi connectivity index (χ2n) is 8.31. The van der Waals surface area contributed by atoms with E-state index in [1.54, 1.807) is 31.2 Å². The van der Waals surface area contributed by atoms with E-state index >= 15 is 0 Å². The van der Waals surface area contributed by atoms with Gasteiger partial charge in [0.25, 0.3) is 10.0 Å². The zero-order valence-corrected chi connectivity index (χ0v) is 19.5. The number of anilines is 1. The Morgan fingerprint density at radius 1 is 1.06 bits per heavy atom. The Labute approximate surface area is 192 Å². The Balaban J connectivity index is 1.61. The highest BCUT2D eigenvalue weighted by Gasteiger charge is 2.47. The van der Waals surface area contributed by atoms with Gasteiger partial charge in [-0.1, -0.05) is 36.6 Å². The first-order valence-corrected chi connectivity index (χ1v) is 12.4. The highest BCUT2D eigenvalue weighted by Crippen LogP contribution is 2.39. The van der Waals surface area contributed by atoms with Crippen LogP contribution in [0.1, 0.15) is 36.8 Å². The van der Waals surface area contributed by atoms with Gasteiger partial charge in [-0.2, -0.15) is 0 Å². The average Bonchev–Trinajstić information content (AvgIpc) is 3.00. The van der Waals surface area contributed by atoms with Crippen LogP contribution in [0, 0.1) is 18.8 Å². The van der Waals surface area contributed by atoms with Gasteiger partial charge in [-0.3, -0.25) is 19.2 Å². The molecular formula is C23H25ClN2O5S. The molecule has 2 aromatic rings. The van der Waals surface area contributed by atoms with E-state index in [0.717, 1.165) is 25.7 Å². The van der Waals surface area contributed by atoms with E-state index in [4.69, 9.17) is 16.3 Å². The Morgan fingerprint density at radius 2 is 1.72 bits per heavy atom. The van der Waals surface area contributed by atoms with E-state index < -0.39 is 10.0 Å². The first kappa shape index (κ1) is 22.6. The molecule has 0 spiro atoms. The third-order valence-electron chi connectivity index (χ3n) is 6.22. The maximum Gasteiger partial charge on any atom is 0.262 e. The van der Waals surface area contributed by atoms with Crippen LogP contribution in [0.25, 0.3) is 0 Å². The fourth-order valence-electron chi connectivity index (χ4n) is 4.56. The summed E-state index contributed by atoms with van der Waals surface area (Å²) in [6.45, 7) is 1.75. The maximum absolute atomic E-state index is 13.2. The molecule has 0 bridgehead atoms. The number of hydrogen-bond donors (Lipinski definition) is 1. The zero-order chi connectivity index (χ0) is 23.0. The Morgan fingerprint density at radius 3 is 2.34 bits per heavy atom. The molecule has 0 radical (unpaired) electrons. The summed E-state index contributed by atoms with van der Waals surface area (Å²) >= 11 is 6.02. The van der Waals surface area contributed by atoms with Gasteiger partial charge in [0.15, 0.2) is 0 Å². The molecule has 2 amide bonds. The highest BCUT2D eigenvalue weighted by atomic mass is 35.5. The van der Waals surface area contributed by atoms with Crippen LogP contribution in [0.2, 0.25) is 5.02 Å². The van der Waals surface area contributed by atoms with Gasteiger partial charge < -0.3 is 4.74 Å². The first-order chi connectivity index (χ1) is 15.2. The van der Waals surface area contributed by atoms with E-state index in [-0.39, 0.29) is 40.8 Å². The van der Waals surface area contributed by atoms with Crippen molar-refractivity contribution in [3.63, 3.8) is 0 Å².